The SMILES string of the molecule is CCc1ccccc1NC(=O)CN(C)C1CCS(=O)(=O)C1. The number of benzene rings is 1. The Labute approximate surface area is 126 Å². The lowest BCUT2D eigenvalue weighted by atomic mass is 10.1. The van der Waals surface area contributed by atoms with Gasteiger partial charge in [-0.1, -0.05) is 25.1 Å². The van der Waals surface area contributed by atoms with Gasteiger partial charge in [0.25, 0.3) is 0 Å². The quantitative estimate of drug-likeness (QED) is 0.890. The molecule has 0 radical (unpaired) electrons. The van der Waals surface area contributed by atoms with E-state index in [-0.39, 0.29) is 30.0 Å². The van der Waals surface area contributed by atoms with Gasteiger partial charge in [0.15, 0.2) is 9.84 Å². The monoisotopic (exact) mass is 310 g/mol. The Bertz CT molecular complexity index is 613. The second-order valence-electron chi connectivity index (χ2n) is 5.53. The number of rotatable bonds is 5. The van der Waals surface area contributed by atoms with Crippen LogP contribution in [-0.4, -0.2) is 50.4 Å². The summed E-state index contributed by atoms with van der Waals surface area (Å²) in [6, 6.07) is 7.66. The van der Waals surface area contributed by atoms with Crippen LogP contribution in [0.3, 0.4) is 0 Å². The summed E-state index contributed by atoms with van der Waals surface area (Å²) in [5.74, 6) is 0.271. The van der Waals surface area contributed by atoms with Crippen molar-refractivity contribution in [1.29, 1.82) is 0 Å². The summed E-state index contributed by atoms with van der Waals surface area (Å²) in [6.07, 6.45) is 1.46. The fourth-order valence-corrected chi connectivity index (χ4v) is 4.42. The number of sulfone groups is 1. The normalized spacial score (nSPS) is 20.6. The van der Waals surface area contributed by atoms with Crippen LogP contribution in [0.5, 0.6) is 0 Å². The lowest BCUT2D eigenvalue weighted by Gasteiger charge is -2.22. The fraction of sp³-hybridized carbons (Fsp3) is 0.533. The molecule has 1 aliphatic rings. The van der Waals surface area contributed by atoms with Crippen LogP contribution in [0.1, 0.15) is 18.9 Å². The van der Waals surface area contributed by atoms with Gasteiger partial charge >= 0.3 is 0 Å². The zero-order valence-corrected chi connectivity index (χ0v) is 13.3. The second-order valence-corrected chi connectivity index (χ2v) is 7.76. The molecule has 0 spiro atoms. The van der Waals surface area contributed by atoms with Gasteiger partial charge in [0.1, 0.15) is 0 Å². The van der Waals surface area contributed by atoms with Crippen LogP contribution in [-0.2, 0) is 21.1 Å². The maximum atomic E-state index is 12.1. The zero-order chi connectivity index (χ0) is 15.5. The van der Waals surface area contributed by atoms with E-state index in [1.165, 1.54) is 0 Å². The average Bonchev–Trinajstić information content (AvgIpc) is 2.79. The number of carbonyl (C=O) groups is 1. The van der Waals surface area contributed by atoms with Crippen LogP contribution in [0.15, 0.2) is 24.3 Å². The number of likely N-dealkylation sites (N-methyl/N-ethyl adjacent to an activating group) is 1. The van der Waals surface area contributed by atoms with E-state index in [4.69, 9.17) is 0 Å². The molecule has 1 atom stereocenters. The summed E-state index contributed by atoms with van der Waals surface area (Å²) in [7, 11) is -1.12. The Kier molecular flexibility index (Phi) is 5.00. The molecule has 1 unspecified atom stereocenters. The molecule has 1 heterocycles. The van der Waals surface area contributed by atoms with Crippen molar-refractivity contribution < 1.29 is 13.2 Å². The van der Waals surface area contributed by atoms with Crippen LogP contribution in [0, 0.1) is 0 Å². The first-order valence-corrected chi connectivity index (χ1v) is 9.02. The molecule has 1 aliphatic heterocycles. The Balaban J connectivity index is 1.93. The third-order valence-electron chi connectivity index (χ3n) is 3.90. The number of hydrogen-bond acceptors (Lipinski definition) is 4. The van der Waals surface area contributed by atoms with E-state index in [1.807, 2.05) is 36.1 Å². The van der Waals surface area contributed by atoms with Gasteiger partial charge < -0.3 is 5.32 Å². The third-order valence-corrected chi connectivity index (χ3v) is 5.65. The molecule has 6 heteroatoms. The van der Waals surface area contributed by atoms with Crippen LogP contribution in [0.4, 0.5) is 5.69 Å². The van der Waals surface area contributed by atoms with E-state index >= 15 is 0 Å². The van der Waals surface area contributed by atoms with Crippen molar-refractivity contribution in [3.05, 3.63) is 29.8 Å². The van der Waals surface area contributed by atoms with Crippen molar-refractivity contribution in [1.82, 2.24) is 4.90 Å². The third kappa shape index (κ3) is 4.28. The van der Waals surface area contributed by atoms with Crippen molar-refractivity contribution in [3.8, 4) is 0 Å². The number of hydrogen-bond donors (Lipinski definition) is 1. The maximum Gasteiger partial charge on any atom is 0.238 e. The molecule has 0 aliphatic carbocycles. The molecule has 1 aromatic rings. The summed E-state index contributed by atoms with van der Waals surface area (Å²) in [6.45, 7) is 2.25. The molecule has 1 fully saturated rings. The van der Waals surface area contributed by atoms with Crippen LogP contribution < -0.4 is 5.32 Å². The second kappa shape index (κ2) is 6.58. The van der Waals surface area contributed by atoms with Crippen molar-refractivity contribution in [3.63, 3.8) is 0 Å². The Morgan fingerprint density at radius 3 is 2.71 bits per heavy atom. The zero-order valence-electron chi connectivity index (χ0n) is 12.5. The molecule has 0 aromatic heterocycles. The molecule has 1 amide bonds. The number of nitrogens with zero attached hydrogens (tertiary/aromatic N) is 1. The smallest absolute Gasteiger partial charge is 0.238 e. The largest absolute Gasteiger partial charge is 0.325 e. The van der Waals surface area contributed by atoms with Crippen LogP contribution in [0.25, 0.3) is 0 Å². The predicted octanol–water partition coefficient (Wildman–Crippen LogP) is 1.31. The summed E-state index contributed by atoms with van der Waals surface area (Å²) in [5, 5.41) is 2.91. The van der Waals surface area contributed by atoms with Gasteiger partial charge in [-0.25, -0.2) is 8.42 Å². The minimum absolute atomic E-state index is 0.0535. The topological polar surface area (TPSA) is 66.5 Å². The van der Waals surface area contributed by atoms with Crippen molar-refractivity contribution >= 4 is 21.4 Å². The highest BCUT2D eigenvalue weighted by Gasteiger charge is 2.31. The molecule has 1 aromatic carbocycles. The molecule has 5 nitrogen and oxygen atoms in total. The fourth-order valence-electron chi connectivity index (χ4n) is 2.62. The minimum atomic E-state index is -2.92. The summed E-state index contributed by atoms with van der Waals surface area (Å²) in [5.41, 5.74) is 1.93. The van der Waals surface area contributed by atoms with E-state index in [1.54, 1.807) is 7.05 Å². The standard InChI is InChI=1S/C15H22N2O3S/c1-3-12-6-4-5-7-14(12)16-15(18)10-17(2)13-8-9-21(19,20)11-13/h4-7,13H,3,8-11H2,1-2H3,(H,16,18). The molecule has 116 valence electrons. The van der Waals surface area contributed by atoms with E-state index in [0.29, 0.717) is 6.42 Å². The molecule has 1 N–H and O–H groups in total. The minimum Gasteiger partial charge on any atom is -0.325 e. The van der Waals surface area contributed by atoms with Gasteiger partial charge in [0.2, 0.25) is 5.91 Å². The number of para-hydroxylation sites is 1. The highest BCUT2D eigenvalue weighted by molar-refractivity contribution is 7.91. The summed E-state index contributed by atoms with van der Waals surface area (Å²) < 4.78 is 23.0. The molecule has 0 bridgehead atoms. The summed E-state index contributed by atoms with van der Waals surface area (Å²) >= 11 is 0. The van der Waals surface area contributed by atoms with Gasteiger partial charge in [-0.15, -0.1) is 0 Å². The molecule has 2 rings (SSSR count). The maximum absolute atomic E-state index is 12.1. The Morgan fingerprint density at radius 1 is 1.38 bits per heavy atom. The molecule has 1 saturated heterocycles. The average molecular weight is 310 g/mol. The lowest BCUT2D eigenvalue weighted by Crippen LogP contribution is -2.38. The number of anilines is 1. The van der Waals surface area contributed by atoms with Crippen molar-refractivity contribution in [2.45, 2.75) is 25.8 Å². The number of amides is 1. The molecular formula is C15H22N2O3S. The first kappa shape index (κ1) is 16.0. The van der Waals surface area contributed by atoms with Crippen LogP contribution >= 0.6 is 0 Å². The Morgan fingerprint density at radius 2 is 2.10 bits per heavy atom. The molecule has 21 heavy (non-hydrogen) atoms. The first-order valence-electron chi connectivity index (χ1n) is 7.19. The first-order chi connectivity index (χ1) is 9.91. The Hall–Kier alpha value is -1.40. The van der Waals surface area contributed by atoms with Gasteiger partial charge in [0.05, 0.1) is 18.1 Å². The molecule has 0 saturated carbocycles. The van der Waals surface area contributed by atoms with Gasteiger partial charge in [0, 0.05) is 11.7 Å². The summed E-state index contributed by atoms with van der Waals surface area (Å²) in [4.78, 5) is 13.9. The van der Waals surface area contributed by atoms with E-state index in [9.17, 15) is 13.2 Å². The van der Waals surface area contributed by atoms with E-state index in [2.05, 4.69) is 5.32 Å². The van der Waals surface area contributed by atoms with E-state index < -0.39 is 9.84 Å². The predicted molar refractivity (Wildman–Crippen MR) is 84.1 cm³/mol. The van der Waals surface area contributed by atoms with Crippen molar-refractivity contribution in [2.75, 3.05) is 30.4 Å². The highest BCUT2D eigenvalue weighted by atomic mass is 32.2. The van der Waals surface area contributed by atoms with Crippen LogP contribution in [0.2, 0.25) is 0 Å². The van der Waals surface area contributed by atoms with Gasteiger partial charge in [-0.05, 0) is 31.5 Å². The molecular weight excluding hydrogens is 288 g/mol. The highest BCUT2D eigenvalue weighted by Crippen LogP contribution is 2.18. The number of carbonyl (C=O) groups excluding carboxylic acids is 1. The van der Waals surface area contributed by atoms with Gasteiger partial charge in [-0.3, -0.25) is 9.69 Å². The van der Waals surface area contributed by atoms with Gasteiger partial charge in [-0.2, -0.15) is 0 Å². The number of aryl methyl sites for hydroxylation is 1. The number of nitrogens with one attached hydrogen (secondary N) is 1. The lowest BCUT2D eigenvalue weighted by molar-refractivity contribution is -0.117. The van der Waals surface area contributed by atoms with E-state index in [0.717, 1.165) is 17.7 Å². The van der Waals surface area contributed by atoms with Crippen molar-refractivity contribution in [2.24, 2.45) is 0 Å².